The van der Waals surface area contributed by atoms with Crippen LogP contribution in [0.25, 0.3) is 0 Å². The highest BCUT2D eigenvalue weighted by molar-refractivity contribution is 7.99. The van der Waals surface area contributed by atoms with Crippen molar-refractivity contribution in [2.75, 3.05) is 18.1 Å². The van der Waals surface area contributed by atoms with Gasteiger partial charge in [0.2, 0.25) is 5.91 Å². The number of aliphatic hydroxyl groups excluding tert-OH is 1. The van der Waals surface area contributed by atoms with E-state index in [2.05, 4.69) is 5.32 Å². The molecule has 0 spiro atoms. The van der Waals surface area contributed by atoms with E-state index in [1.54, 1.807) is 0 Å². The molecule has 0 aromatic heterocycles. The van der Waals surface area contributed by atoms with E-state index in [9.17, 15) is 4.79 Å². The maximum absolute atomic E-state index is 11.9. The molecule has 1 aliphatic heterocycles. The molecule has 1 aliphatic carbocycles. The molecule has 0 aromatic carbocycles. The molecular formula is C11H19NO2S. The van der Waals surface area contributed by atoms with Crippen LogP contribution in [0.3, 0.4) is 0 Å². The van der Waals surface area contributed by atoms with Crippen LogP contribution >= 0.6 is 11.8 Å². The summed E-state index contributed by atoms with van der Waals surface area (Å²) in [5.41, 5.74) is 0. The zero-order valence-electron chi connectivity index (χ0n) is 8.95. The van der Waals surface area contributed by atoms with Gasteiger partial charge in [0.1, 0.15) is 0 Å². The van der Waals surface area contributed by atoms with Crippen molar-refractivity contribution in [2.45, 2.75) is 31.7 Å². The fourth-order valence-corrected chi connectivity index (χ4v) is 3.71. The molecule has 1 heterocycles. The average Bonchev–Trinajstić information content (AvgIpc) is 2.87. The van der Waals surface area contributed by atoms with Crippen molar-refractivity contribution in [1.29, 1.82) is 0 Å². The lowest BCUT2D eigenvalue weighted by molar-refractivity contribution is -0.125. The lowest BCUT2D eigenvalue weighted by atomic mass is 10.0. The molecule has 0 radical (unpaired) electrons. The summed E-state index contributed by atoms with van der Waals surface area (Å²) in [5.74, 6) is 2.82. The molecular weight excluding hydrogens is 210 g/mol. The Balaban J connectivity index is 1.82. The number of carbonyl (C=O) groups excluding carboxylic acids is 1. The number of carbonyl (C=O) groups is 1. The minimum absolute atomic E-state index is 0.213. The molecule has 4 heteroatoms. The van der Waals surface area contributed by atoms with Crippen LogP contribution in [0.4, 0.5) is 0 Å². The van der Waals surface area contributed by atoms with Gasteiger partial charge in [-0.25, -0.2) is 0 Å². The van der Waals surface area contributed by atoms with Crippen molar-refractivity contribution in [3.05, 3.63) is 0 Å². The van der Waals surface area contributed by atoms with Gasteiger partial charge in [0, 0.05) is 30.2 Å². The lowest BCUT2D eigenvalue weighted by Gasteiger charge is -2.20. The van der Waals surface area contributed by atoms with Gasteiger partial charge in [-0.05, 0) is 25.0 Å². The summed E-state index contributed by atoms with van der Waals surface area (Å²) in [6, 6.07) is 0.230. The molecule has 2 fully saturated rings. The van der Waals surface area contributed by atoms with Crippen molar-refractivity contribution >= 4 is 17.7 Å². The zero-order valence-corrected chi connectivity index (χ0v) is 9.76. The Bertz CT molecular complexity index is 229. The topological polar surface area (TPSA) is 49.3 Å². The minimum atomic E-state index is 0.213. The molecule has 1 saturated carbocycles. The van der Waals surface area contributed by atoms with Crippen LogP contribution in [0.15, 0.2) is 0 Å². The molecule has 3 atom stereocenters. The summed E-state index contributed by atoms with van der Waals surface area (Å²) in [6.45, 7) is 0.213. The number of hydrogen-bond acceptors (Lipinski definition) is 3. The predicted octanol–water partition coefficient (Wildman–Crippen LogP) is 1.02. The van der Waals surface area contributed by atoms with Crippen LogP contribution in [0, 0.1) is 11.8 Å². The predicted molar refractivity (Wildman–Crippen MR) is 61.8 cm³/mol. The summed E-state index contributed by atoms with van der Waals surface area (Å²) >= 11 is 1.86. The van der Waals surface area contributed by atoms with Crippen molar-refractivity contribution in [1.82, 2.24) is 5.32 Å². The van der Waals surface area contributed by atoms with Gasteiger partial charge >= 0.3 is 0 Å². The third-order valence-electron chi connectivity index (χ3n) is 3.52. The van der Waals surface area contributed by atoms with Crippen LogP contribution in [0.2, 0.25) is 0 Å². The van der Waals surface area contributed by atoms with Gasteiger partial charge in [-0.3, -0.25) is 4.79 Å². The van der Waals surface area contributed by atoms with Crippen molar-refractivity contribution in [3.8, 4) is 0 Å². The quantitative estimate of drug-likeness (QED) is 0.759. The van der Waals surface area contributed by atoms with Gasteiger partial charge in [0.25, 0.3) is 0 Å². The number of nitrogens with one attached hydrogen (secondary N) is 1. The molecule has 0 bridgehead atoms. The van der Waals surface area contributed by atoms with Gasteiger partial charge in [-0.1, -0.05) is 6.42 Å². The molecule has 3 nitrogen and oxygen atoms in total. The maximum atomic E-state index is 11.9. The molecule has 3 unspecified atom stereocenters. The van der Waals surface area contributed by atoms with Gasteiger partial charge in [0.15, 0.2) is 0 Å². The molecule has 1 saturated heterocycles. The fourth-order valence-electron chi connectivity index (χ4n) is 2.49. The van der Waals surface area contributed by atoms with E-state index >= 15 is 0 Å². The Kier molecular flexibility index (Phi) is 3.92. The smallest absolute Gasteiger partial charge is 0.224 e. The molecule has 0 aromatic rings. The van der Waals surface area contributed by atoms with Gasteiger partial charge in [-0.2, -0.15) is 11.8 Å². The molecule has 2 aliphatic rings. The Morgan fingerprint density at radius 1 is 1.40 bits per heavy atom. The second kappa shape index (κ2) is 5.21. The summed E-state index contributed by atoms with van der Waals surface area (Å²) in [5, 5.41) is 12.3. The first-order valence-electron chi connectivity index (χ1n) is 5.80. The summed E-state index contributed by atoms with van der Waals surface area (Å²) in [4.78, 5) is 11.9. The van der Waals surface area contributed by atoms with Crippen LogP contribution in [-0.2, 0) is 4.79 Å². The number of aliphatic hydroxyl groups is 1. The first-order valence-corrected chi connectivity index (χ1v) is 6.95. The first-order chi connectivity index (χ1) is 7.31. The largest absolute Gasteiger partial charge is 0.396 e. The average molecular weight is 229 g/mol. The summed E-state index contributed by atoms with van der Waals surface area (Å²) in [7, 11) is 0. The third-order valence-corrected chi connectivity index (χ3v) is 4.68. The Morgan fingerprint density at radius 3 is 2.93 bits per heavy atom. The standard InChI is InChI=1S/C11H19NO2S/c13-6-8-2-1-3-10(8)12-11(14)9-4-5-15-7-9/h8-10,13H,1-7H2,(H,12,14). The van der Waals surface area contributed by atoms with E-state index in [-0.39, 0.29) is 24.5 Å². The Labute approximate surface area is 95.0 Å². The minimum Gasteiger partial charge on any atom is -0.396 e. The van der Waals surface area contributed by atoms with Crippen molar-refractivity contribution in [2.24, 2.45) is 11.8 Å². The van der Waals surface area contributed by atoms with Gasteiger partial charge in [0.05, 0.1) is 0 Å². The maximum Gasteiger partial charge on any atom is 0.224 e. The fraction of sp³-hybridized carbons (Fsp3) is 0.909. The Morgan fingerprint density at radius 2 is 2.27 bits per heavy atom. The van der Waals surface area contributed by atoms with E-state index in [4.69, 9.17) is 5.11 Å². The number of thioether (sulfide) groups is 1. The van der Waals surface area contributed by atoms with Crippen LogP contribution < -0.4 is 5.32 Å². The summed E-state index contributed by atoms with van der Waals surface area (Å²) < 4.78 is 0. The molecule has 2 N–H and O–H groups in total. The molecule has 2 rings (SSSR count). The Hall–Kier alpha value is -0.220. The van der Waals surface area contributed by atoms with Crippen molar-refractivity contribution in [3.63, 3.8) is 0 Å². The van der Waals surface area contributed by atoms with Gasteiger partial charge < -0.3 is 10.4 Å². The van der Waals surface area contributed by atoms with E-state index in [0.717, 1.165) is 37.2 Å². The number of hydrogen-bond donors (Lipinski definition) is 2. The second-order valence-electron chi connectivity index (χ2n) is 4.55. The van der Waals surface area contributed by atoms with Crippen molar-refractivity contribution < 1.29 is 9.90 Å². The monoisotopic (exact) mass is 229 g/mol. The number of amides is 1. The second-order valence-corrected chi connectivity index (χ2v) is 5.70. The third kappa shape index (κ3) is 2.67. The lowest BCUT2D eigenvalue weighted by Crippen LogP contribution is -2.41. The normalized spacial score (nSPS) is 35.7. The van der Waals surface area contributed by atoms with Crippen LogP contribution in [0.1, 0.15) is 25.7 Å². The molecule has 1 amide bonds. The first kappa shape index (κ1) is 11.3. The number of rotatable bonds is 3. The SMILES string of the molecule is O=C(NC1CCCC1CO)C1CCSC1. The van der Waals surface area contributed by atoms with E-state index < -0.39 is 0 Å². The van der Waals surface area contributed by atoms with Gasteiger partial charge in [-0.15, -0.1) is 0 Å². The summed E-state index contributed by atoms with van der Waals surface area (Å²) in [6.07, 6.45) is 4.25. The highest BCUT2D eigenvalue weighted by atomic mass is 32.2. The van der Waals surface area contributed by atoms with E-state index in [1.165, 1.54) is 0 Å². The molecule has 15 heavy (non-hydrogen) atoms. The zero-order chi connectivity index (χ0) is 10.7. The van der Waals surface area contributed by atoms with Crippen LogP contribution in [0.5, 0.6) is 0 Å². The van der Waals surface area contributed by atoms with E-state index in [1.807, 2.05) is 11.8 Å². The highest BCUT2D eigenvalue weighted by Gasteiger charge is 2.31. The highest BCUT2D eigenvalue weighted by Crippen LogP contribution is 2.27. The van der Waals surface area contributed by atoms with Crippen LogP contribution in [-0.4, -0.2) is 35.2 Å². The molecule has 86 valence electrons. The van der Waals surface area contributed by atoms with E-state index in [0.29, 0.717) is 5.92 Å².